The third-order valence-electron chi connectivity index (χ3n) is 6.06. The van der Waals surface area contributed by atoms with Gasteiger partial charge in [0.15, 0.2) is 5.79 Å². The maximum absolute atomic E-state index is 6.18. The Balaban J connectivity index is 2.15. The number of hydrogen-bond acceptors (Lipinski definition) is 2. The van der Waals surface area contributed by atoms with E-state index in [1.807, 2.05) is 6.92 Å². The zero-order valence-electron chi connectivity index (χ0n) is 16.0. The number of benzene rings is 1. The van der Waals surface area contributed by atoms with Gasteiger partial charge >= 0.3 is 0 Å². The van der Waals surface area contributed by atoms with Crippen LogP contribution in [0.15, 0.2) is 12.1 Å². The quantitative estimate of drug-likeness (QED) is 0.677. The average molecular weight is 351 g/mol. The first kappa shape index (κ1) is 18.2. The van der Waals surface area contributed by atoms with Crippen LogP contribution in [0.1, 0.15) is 76.6 Å². The lowest BCUT2D eigenvalue weighted by molar-refractivity contribution is -0.160. The van der Waals surface area contributed by atoms with Crippen molar-refractivity contribution in [3.05, 3.63) is 34.4 Å². The molecule has 1 aliphatic carbocycles. The molecule has 134 valence electrons. The lowest BCUT2D eigenvalue weighted by Crippen LogP contribution is -2.35. The Morgan fingerprint density at radius 1 is 1.00 bits per heavy atom. The number of alkyl halides is 1. The fraction of sp³-hybridized carbons (Fsp3) is 0.714. The van der Waals surface area contributed by atoms with Gasteiger partial charge in [-0.25, -0.2) is 0 Å². The minimum atomic E-state index is -0.683. The van der Waals surface area contributed by atoms with Gasteiger partial charge < -0.3 is 9.47 Å². The van der Waals surface area contributed by atoms with Crippen molar-refractivity contribution in [3.63, 3.8) is 0 Å². The van der Waals surface area contributed by atoms with Gasteiger partial charge in [-0.3, -0.25) is 0 Å². The number of rotatable bonds is 3. The molecule has 0 aromatic heterocycles. The summed E-state index contributed by atoms with van der Waals surface area (Å²) in [6, 6.07) is 4.78. The molecule has 0 radical (unpaired) electrons. The summed E-state index contributed by atoms with van der Waals surface area (Å²) in [5, 5.41) is 0. The summed E-state index contributed by atoms with van der Waals surface area (Å²) in [6.45, 7) is 14.3. The van der Waals surface area contributed by atoms with Crippen molar-refractivity contribution < 1.29 is 9.47 Å². The molecule has 0 unspecified atom stereocenters. The Labute approximate surface area is 151 Å². The molecule has 1 aromatic rings. The fourth-order valence-corrected chi connectivity index (χ4v) is 4.38. The second-order valence-corrected chi connectivity index (χ2v) is 9.14. The molecule has 2 atom stereocenters. The molecule has 0 N–H and O–H groups in total. The number of halogens is 1. The zero-order chi connectivity index (χ0) is 17.8. The summed E-state index contributed by atoms with van der Waals surface area (Å²) in [5.74, 6) is -0.210. The van der Waals surface area contributed by atoms with Crippen molar-refractivity contribution in [1.82, 2.24) is 0 Å². The number of hydrogen-bond donors (Lipinski definition) is 0. The van der Waals surface area contributed by atoms with Gasteiger partial charge in [0.2, 0.25) is 0 Å². The van der Waals surface area contributed by atoms with Gasteiger partial charge in [0.25, 0.3) is 0 Å². The fourth-order valence-electron chi connectivity index (χ4n) is 4.23. The molecule has 0 bridgehead atoms. The maximum Gasteiger partial charge on any atom is 0.192 e. The van der Waals surface area contributed by atoms with E-state index in [9.17, 15) is 0 Å². The molecule has 1 heterocycles. The summed E-state index contributed by atoms with van der Waals surface area (Å²) >= 11 is 5.99. The topological polar surface area (TPSA) is 18.5 Å². The van der Waals surface area contributed by atoms with Crippen molar-refractivity contribution in [1.29, 1.82) is 0 Å². The predicted octanol–water partition coefficient (Wildman–Crippen LogP) is 5.42. The Hall–Kier alpha value is -0.570. The summed E-state index contributed by atoms with van der Waals surface area (Å²) in [7, 11) is 0. The molecule has 1 aliphatic heterocycles. The largest absolute Gasteiger partial charge is 0.343 e. The standard InChI is InChI=1S/C21H31ClO2/c1-7-14-10-17-18(20(4,5)9-8-19(17,2)3)11-16(14)21(6)23-13-15(12-22)24-21/h10-11,15H,7-9,12-13H2,1-6H3/t15-,21+/m0/s1. The lowest BCUT2D eigenvalue weighted by Gasteiger charge is -2.43. The zero-order valence-corrected chi connectivity index (χ0v) is 16.7. The molecule has 1 fully saturated rings. The van der Waals surface area contributed by atoms with E-state index in [4.69, 9.17) is 21.1 Å². The normalized spacial score (nSPS) is 31.0. The molecule has 1 aromatic carbocycles. The lowest BCUT2D eigenvalue weighted by atomic mass is 9.62. The molecular formula is C21H31ClO2. The Morgan fingerprint density at radius 2 is 1.58 bits per heavy atom. The van der Waals surface area contributed by atoms with Crippen LogP contribution in [0.25, 0.3) is 0 Å². The van der Waals surface area contributed by atoms with Crippen molar-refractivity contribution in [2.75, 3.05) is 12.5 Å². The van der Waals surface area contributed by atoms with E-state index in [0.717, 1.165) is 6.42 Å². The first-order valence-corrected chi connectivity index (χ1v) is 9.72. The molecule has 2 aliphatic rings. The summed E-state index contributed by atoms with van der Waals surface area (Å²) in [5.41, 5.74) is 5.87. The smallest absolute Gasteiger partial charge is 0.192 e. The van der Waals surface area contributed by atoms with Crippen molar-refractivity contribution in [3.8, 4) is 0 Å². The SMILES string of the molecule is CCc1cc2c(cc1[C@]1(C)OC[C@H](CCl)O1)C(C)(C)CCC2(C)C. The van der Waals surface area contributed by atoms with Gasteiger partial charge in [-0.1, -0.05) is 40.7 Å². The van der Waals surface area contributed by atoms with Gasteiger partial charge in [-0.05, 0) is 59.8 Å². The number of fused-ring (bicyclic) bond motifs is 1. The number of aryl methyl sites for hydroxylation is 1. The molecule has 0 saturated carbocycles. The van der Waals surface area contributed by atoms with Gasteiger partial charge in [-0.15, -0.1) is 11.6 Å². The van der Waals surface area contributed by atoms with Gasteiger partial charge in [-0.2, -0.15) is 0 Å². The van der Waals surface area contributed by atoms with E-state index in [1.54, 1.807) is 0 Å². The Bertz CT molecular complexity index is 635. The van der Waals surface area contributed by atoms with Gasteiger partial charge in [0, 0.05) is 5.56 Å². The predicted molar refractivity (Wildman–Crippen MR) is 100 cm³/mol. The van der Waals surface area contributed by atoms with E-state index >= 15 is 0 Å². The third-order valence-corrected chi connectivity index (χ3v) is 6.40. The summed E-state index contributed by atoms with van der Waals surface area (Å²) < 4.78 is 12.3. The highest BCUT2D eigenvalue weighted by Gasteiger charge is 2.43. The highest BCUT2D eigenvalue weighted by atomic mass is 35.5. The van der Waals surface area contributed by atoms with E-state index in [0.29, 0.717) is 12.5 Å². The number of ether oxygens (including phenoxy) is 2. The molecule has 3 heteroatoms. The summed E-state index contributed by atoms with van der Waals surface area (Å²) in [4.78, 5) is 0. The highest BCUT2D eigenvalue weighted by Crippen LogP contribution is 2.48. The van der Waals surface area contributed by atoms with E-state index < -0.39 is 5.79 Å². The minimum absolute atomic E-state index is 0.0261. The first-order chi connectivity index (χ1) is 11.1. The van der Waals surface area contributed by atoms with Crippen LogP contribution in [0.5, 0.6) is 0 Å². The molecule has 24 heavy (non-hydrogen) atoms. The molecule has 3 rings (SSSR count). The minimum Gasteiger partial charge on any atom is -0.343 e. The van der Waals surface area contributed by atoms with E-state index in [2.05, 4.69) is 46.8 Å². The second kappa shape index (κ2) is 6.00. The summed E-state index contributed by atoms with van der Waals surface area (Å²) in [6.07, 6.45) is 3.39. The van der Waals surface area contributed by atoms with Crippen LogP contribution in [0.4, 0.5) is 0 Å². The molecule has 1 saturated heterocycles. The van der Waals surface area contributed by atoms with Crippen molar-refractivity contribution >= 4 is 11.6 Å². The molecule has 0 amide bonds. The van der Waals surface area contributed by atoms with Gasteiger partial charge in [0.1, 0.15) is 0 Å². The highest BCUT2D eigenvalue weighted by molar-refractivity contribution is 6.18. The van der Waals surface area contributed by atoms with Crippen LogP contribution < -0.4 is 0 Å². The maximum atomic E-state index is 6.18. The molecule has 0 spiro atoms. The van der Waals surface area contributed by atoms with Crippen LogP contribution in [-0.2, 0) is 32.5 Å². The Morgan fingerprint density at radius 3 is 2.08 bits per heavy atom. The Kier molecular flexibility index (Phi) is 4.56. The van der Waals surface area contributed by atoms with Crippen LogP contribution in [0.2, 0.25) is 0 Å². The van der Waals surface area contributed by atoms with E-state index in [-0.39, 0.29) is 16.9 Å². The molecule has 2 nitrogen and oxygen atoms in total. The first-order valence-electron chi connectivity index (χ1n) is 9.19. The van der Waals surface area contributed by atoms with E-state index in [1.165, 1.54) is 35.1 Å². The molecular weight excluding hydrogens is 320 g/mol. The van der Waals surface area contributed by atoms with Crippen LogP contribution >= 0.6 is 11.6 Å². The average Bonchev–Trinajstić information content (AvgIpc) is 2.93. The van der Waals surface area contributed by atoms with Gasteiger partial charge in [0.05, 0.1) is 18.6 Å². The second-order valence-electron chi connectivity index (χ2n) is 8.83. The van der Waals surface area contributed by atoms with Crippen molar-refractivity contribution in [2.24, 2.45) is 0 Å². The van der Waals surface area contributed by atoms with Crippen LogP contribution in [0, 0.1) is 0 Å². The van der Waals surface area contributed by atoms with Crippen LogP contribution in [0.3, 0.4) is 0 Å². The monoisotopic (exact) mass is 350 g/mol. The van der Waals surface area contributed by atoms with Crippen LogP contribution in [-0.4, -0.2) is 18.6 Å². The third kappa shape index (κ3) is 2.91. The van der Waals surface area contributed by atoms with Crippen molar-refractivity contribution in [2.45, 2.75) is 83.5 Å².